The molecule has 11 heavy (non-hydrogen) atoms. The average molecular weight is 198 g/mol. The second-order valence-electron chi connectivity index (χ2n) is 2.86. The molecule has 0 aliphatic carbocycles. The lowest BCUT2D eigenvalue weighted by molar-refractivity contribution is -0.124. The van der Waals surface area contributed by atoms with Crippen LogP contribution in [0.2, 0.25) is 19.6 Å². The van der Waals surface area contributed by atoms with Gasteiger partial charge in [-0.15, -0.1) is 0 Å². The first-order valence-corrected chi connectivity index (χ1v) is 7.74. The normalized spacial score (nSPS) is 12.5. The predicted molar refractivity (Wildman–Crippen MR) is 46.5 cm³/mol. The van der Waals surface area contributed by atoms with Gasteiger partial charge in [-0.1, -0.05) is 0 Å². The Hall–Kier alpha value is 0.487. The van der Waals surface area contributed by atoms with E-state index in [0.717, 1.165) is 0 Å². The second-order valence-corrected chi connectivity index (χ2v) is 8.58. The Morgan fingerprint density at radius 2 is 1.45 bits per heavy atom. The lowest BCUT2D eigenvalue weighted by atomic mass is 11.8. The Kier molecular flexibility index (Phi) is 5.42. The van der Waals surface area contributed by atoms with Crippen molar-refractivity contribution < 1.29 is 18.3 Å². The second kappa shape index (κ2) is 5.19. The van der Waals surface area contributed by atoms with Crippen LogP contribution in [-0.2, 0) is 18.3 Å². The van der Waals surface area contributed by atoms with Crippen LogP contribution in [0.4, 0.5) is 0 Å². The summed E-state index contributed by atoms with van der Waals surface area (Å²) in [7, 11) is 0.107. The number of rotatable bonds is 5. The molecule has 0 rings (SSSR count). The van der Waals surface area contributed by atoms with Gasteiger partial charge < -0.3 is 9.05 Å². The zero-order valence-electron chi connectivity index (χ0n) is 7.58. The molecule has 0 amide bonds. The highest BCUT2D eigenvalue weighted by Crippen LogP contribution is 2.38. The van der Waals surface area contributed by atoms with E-state index in [4.69, 9.17) is 18.3 Å². The van der Waals surface area contributed by atoms with Crippen LogP contribution in [0, 0.1) is 0 Å². The van der Waals surface area contributed by atoms with E-state index in [1.807, 2.05) is 19.6 Å². The van der Waals surface area contributed by atoms with Gasteiger partial charge in [0, 0.05) is 14.2 Å². The van der Waals surface area contributed by atoms with Crippen LogP contribution in [-0.4, -0.2) is 22.5 Å². The molecule has 0 aromatic carbocycles. The molecule has 0 saturated heterocycles. The van der Waals surface area contributed by atoms with E-state index in [1.165, 1.54) is 14.2 Å². The molecule has 0 fully saturated rings. The van der Waals surface area contributed by atoms with Gasteiger partial charge in [-0.05, 0) is 19.6 Å². The molecule has 0 atom stereocenters. The average Bonchev–Trinajstić information content (AvgIpc) is 1.88. The molecule has 0 N–H and O–H groups in total. The summed E-state index contributed by atoms with van der Waals surface area (Å²) in [6.45, 7) is 6.06. The van der Waals surface area contributed by atoms with Gasteiger partial charge in [0.05, 0.1) is 0 Å². The summed E-state index contributed by atoms with van der Waals surface area (Å²) in [6.07, 6.45) is 0. The van der Waals surface area contributed by atoms with E-state index in [2.05, 4.69) is 0 Å². The van der Waals surface area contributed by atoms with Gasteiger partial charge >= 0.3 is 8.60 Å². The smallest absolute Gasteiger partial charge is 0.314 e. The Balaban J connectivity index is 3.51. The molecule has 0 aliphatic heterocycles. The third-order valence-electron chi connectivity index (χ3n) is 0.646. The van der Waals surface area contributed by atoms with Crippen LogP contribution >= 0.6 is 8.60 Å². The molecule has 68 valence electrons. The largest absolute Gasteiger partial charge is 0.360 e. The fourth-order valence-electron chi connectivity index (χ4n) is 0.278. The van der Waals surface area contributed by atoms with E-state index in [0.29, 0.717) is 0 Å². The highest BCUT2D eigenvalue weighted by atomic mass is 31.2. The van der Waals surface area contributed by atoms with Gasteiger partial charge in [-0.2, -0.15) is 4.67 Å². The van der Waals surface area contributed by atoms with Crippen molar-refractivity contribution in [2.45, 2.75) is 19.6 Å². The van der Waals surface area contributed by atoms with Crippen LogP contribution in [0.3, 0.4) is 0 Å². The van der Waals surface area contributed by atoms with Crippen molar-refractivity contribution in [2.24, 2.45) is 0 Å². The summed E-state index contributed by atoms with van der Waals surface area (Å²) in [4.78, 5) is 0. The minimum absolute atomic E-state index is 1.31. The van der Waals surface area contributed by atoms with E-state index < -0.39 is 16.9 Å². The molecule has 6 heteroatoms. The lowest BCUT2D eigenvalue weighted by Crippen LogP contribution is -2.24. The molecule has 0 unspecified atom stereocenters. The Morgan fingerprint density at radius 3 is 1.73 bits per heavy atom. The van der Waals surface area contributed by atoms with Crippen LogP contribution in [0.15, 0.2) is 0 Å². The Labute approximate surface area is 69.8 Å². The number of hydrogen-bond donors (Lipinski definition) is 0. The zero-order chi connectivity index (χ0) is 8.91. The minimum Gasteiger partial charge on any atom is -0.314 e. The molecule has 4 nitrogen and oxygen atoms in total. The molecule has 0 aromatic rings. The van der Waals surface area contributed by atoms with Gasteiger partial charge in [-0.25, -0.2) is 0 Å². The first kappa shape index (κ1) is 11.5. The van der Waals surface area contributed by atoms with E-state index in [-0.39, 0.29) is 0 Å². The summed E-state index contributed by atoms with van der Waals surface area (Å²) in [5.41, 5.74) is 0. The quantitative estimate of drug-likeness (QED) is 0.294. The molecule has 0 saturated carbocycles. The summed E-state index contributed by atoms with van der Waals surface area (Å²) < 4.78 is 19.6. The standard InChI is InChI=1S/C5H15O4PSi/c1-6-10(7-2)8-9-11(3,4)5/h1-5H3. The third kappa shape index (κ3) is 6.87. The molecule has 0 aromatic heterocycles. The maximum atomic E-state index is 5.09. The minimum atomic E-state index is -1.62. The molecule has 0 aliphatic rings. The first-order valence-electron chi connectivity index (χ1n) is 3.24. The van der Waals surface area contributed by atoms with Crippen molar-refractivity contribution in [1.82, 2.24) is 0 Å². The summed E-state index contributed by atoms with van der Waals surface area (Å²) >= 11 is 0. The van der Waals surface area contributed by atoms with Gasteiger partial charge in [-0.3, -0.25) is 4.58 Å². The summed E-state index contributed by atoms with van der Waals surface area (Å²) in [6, 6.07) is 0. The van der Waals surface area contributed by atoms with Crippen LogP contribution in [0.25, 0.3) is 0 Å². The number of hydrogen-bond acceptors (Lipinski definition) is 4. The highest BCUT2D eigenvalue weighted by molar-refractivity contribution is 7.41. The SMILES string of the molecule is COP(OC)OO[Si](C)(C)C. The van der Waals surface area contributed by atoms with Crippen molar-refractivity contribution in [2.75, 3.05) is 14.2 Å². The Bertz CT molecular complexity index is 101. The van der Waals surface area contributed by atoms with Crippen molar-refractivity contribution in [1.29, 1.82) is 0 Å². The Morgan fingerprint density at radius 1 is 1.00 bits per heavy atom. The summed E-state index contributed by atoms with van der Waals surface area (Å²) in [5.74, 6) is 0. The first-order chi connectivity index (χ1) is 4.99. The zero-order valence-corrected chi connectivity index (χ0v) is 9.47. The van der Waals surface area contributed by atoms with E-state index in [9.17, 15) is 0 Å². The maximum Gasteiger partial charge on any atom is 0.360 e. The molecule has 0 bridgehead atoms. The van der Waals surface area contributed by atoms with Crippen molar-refractivity contribution in [3.63, 3.8) is 0 Å². The van der Waals surface area contributed by atoms with E-state index in [1.54, 1.807) is 0 Å². The van der Waals surface area contributed by atoms with Gasteiger partial charge in [0.25, 0.3) is 0 Å². The fourth-order valence-corrected chi connectivity index (χ4v) is 1.69. The van der Waals surface area contributed by atoms with Crippen LogP contribution < -0.4 is 0 Å². The van der Waals surface area contributed by atoms with Crippen LogP contribution in [0.5, 0.6) is 0 Å². The fraction of sp³-hybridized carbons (Fsp3) is 1.00. The van der Waals surface area contributed by atoms with Crippen molar-refractivity contribution >= 4 is 16.9 Å². The monoisotopic (exact) mass is 198 g/mol. The van der Waals surface area contributed by atoms with E-state index >= 15 is 0 Å². The molecule has 0 spiro atoms. The highest BCUT2D eigenvalue weighted by Gasteiger charge is 2.20. The van der Waals surface area contributed by atoms with Crippen LogP contribution in [0.1, 0.15) is 0 Å². The van der Waals surface area contributed by atoms with Crippen molar-refractivity contribution in [3.8, 4) is 0 Å². The van der Waals surface area contributed by atoms with Gasteiger partial charge in [0.1, 0.15) is 0 Å². The lowest BCUT2D eigenvalue weighted by Gasteiger charge is -2.17. The molecule has 0 heterocycles. The van der Waals surface area contributed by atoms with Gasteiger partial charge in [0.2, 0.25) is 8.32 Å². The van der Waals surface area contributed by atoms with Crippen molar-refractivity contribution in [3.05, 3.63) is 0 Å². The summed E-state index contributed by atoms with van der Waals surface area (Å²) in [5, 5.41) is 0. The maximum absolute atomic E-state index is 5.09. The van der Waals surface area contributed by atoms with Gasteiger partial charge in [0.15, 0.2) is 0 Å². The third-order valence-corrected chi connectivity index (χ3v) is 2.16. The molecular weight excluding hydrogens is 183 g/mol. The topological polar surface area (TPSA) is 36.9 Å². The molecular formula is C5H15O4PSi. The molecule has 0 radical (unpaired) electrons. The predicted octanol–water partition coefficient (Wildman–Crippen LogP) is 2.29.